The van der Waals surface area contributed by atoms with E-state index in [2.05, 4.69) is 11.3 Å². The summed E-state index contributed by atoms with van der Waals surface area (Å²) in [7, 11) is -3.78. The van der Waals surface area contributed by atoms with Gasteiger partial charge in [-0.05, 0) is 24.1 Å². The summed E-state index contributed by atoms with van der Waals surface area (Å²) in [5, 5.41) is 17.5. The second-order valence-electron chi connectivity index (χ2n) is 4.10. The summed E-state index contributed by atoms with van der Waals surface area (Å²) in [5.41, 5.74) is 0.897. The first-order valence-corrected chi connectivity index (χ1v) is 7.36. The van der Waals surface area contributed by atoms with Crippen molar-refractivity contribution < 1.29 is 18.3 Å². The molecule has 20 heavy (non-hydrogen) atoms. The minimum absolute atomic E-state index is 0.00192. The normalized spacial score (nSPS) is 12.3. The second-order valence-corrected chi connectivity index (χ2v) is 5.85. The van der Waals surface area contributed by atoms with Crippen LogP contribution in [-0.2, 0) is 20.6 Å². The van der Waals surface area contributed by atoms with Crippen LogP contribution in [-0.4, -0.2) is 25.5 Å². The van der Waals surface area contributed by atoms with Crippen LogP contribution < -0.4 is 4.72 Å². The van der Waals surface area contributed by atoms with Crippen molar-refractivity contribution in [1.82, 2.24) is 4.72 Å². The van der Waals surface area contributed by atoms with Crippen molar-refractivity contribution >= 4 is 16.0 Å². The fourth-order valence-electron chi connectivity index (χ4n) is 1.52. The van der Waals surface area contributed by atoms with E-state index in [1.807, 2.05) is 6.07 Å². The molecule has 0 bridgehead atoms. The van der Waals surface area contributed by atoms with Crippen LogP contribution in [0.15, 0.2) is 36.9 Å². The number of carboxylic acids is 1. The summed E-state index contributed by atoms with van der Waals surface area (Å²) < 4.78 is 25.8. The fourth-order valence-corrected chi connectivity index (χ4v) is 2.86. The first-order valence-electron chi connectivity index (χ1n) is 5.70. The van der Waals surface area contributed by atoms with Crippen LogP contribution in [0.5, 0.6) is 0 Å². The Morgan fingerprint density at radius 2 is 2.05 bits per heavy atom. The molecule has 106 valence electrons. The zero-order valence-corrected chi connectivity index (χ0v) is 11.4. The van der Waals surface area contributed by atoms with Gasteiger partial charge in [0, 0.05) is 0 Å². The van der Waals surface area contributed by atoms with Gasteiger partial charge in [-0.25, -0.2) is 13.1 Å². The maximum atomic E-state index is 11.9. The molecule has 1 aromatic carbocycles. The molecule has 0 aliphatic carbocycles. The molecule has 7 heteroatoms. The van der Waals surface area contributed by atoms with Gasteiger partial charge in [0.2, 0.25) is 10.0 Å². The Hall–Kier alpha value is -2.17. The van der Waals surface area contributed by atoms with Crippen molar-refractivity contribution in [2.75, 3.05) is 0 Å². The average molecular weight is 294 g/mol. The number of rotatable bonds is 7. The number of carbonyl (C=O) groups is 1. The third-order valence-corrected chi connectivity index (χ3v) is 3.82. The van der Waals surface area contributed by atoms with E-state index in [0.717, 1.165) is 0 Å². The van der Waals surface area contributed by atoms with Crippen molar-refractivity contribution in [2.45, 2.75) is 18.2 Å². The highest BCUT2D eigenvalue weighted by molar-refractivity contribution is 7.88. The largest absolute Gasteiger partial charge is 0.480 e. The summed E-state index contributed by atoms with van der Waals surface area (Å²) >= 11 is 0. The molecule has 0 saturated heterocycles. The molecule has 0 spiro atoms. The number of carboxylic acid groups (broad SMARTS) is 1. The maximum absolute atomic E-state index is 11.9. The second kappa shape index (κ2) is 6.84. The van der Waals surface area contributed by atoms with E-state index in [9.17, 15) is 13.2 Å². The van der Waals surface area contributed by atoms with E-state index in [-0.39, 0.29) is 12.2 Å². The number of benzene rings is 1. The highest BCUT2D eigenvalue weighted by atomic mass is 32.2. The first-order chi connectivity index (χ1) is 9.38. The van der Waals surface area contributed by atoms with Gasteiger partial charge in [0.1, 0.15) is 6.04 Å². The van der Waals surface area contributed by atoms with Gasteiger partial charge in [-0.3, -0.25) is 4.79 Å². The molecule has 0 aromatic heterocycles. The van der Waals surface area contributed by atoms with Crippen LogP contribution in [0.1, 0.15) is 17.5 Å². The topological polar surface area (TPSA) is 107 Å². The maximum Gasteiger partial charge on any atom is 0.322 e. The van der Waals surface area contributed by atoms with Crippen molar-refractivity contribution in [3.05, 3.63) is 48.0 Å². The summed E-state index contributed by atoms with van der Waals surface area (Å²) in [6, 6.07) is 6.74. The summed E-state index contributed by atoms with van der Waals surface area (Å²) in [4.78, 5) is 10.9. The Morgan fingerprint density at radius 1 is 1.45 bits per heavy atom. The van der Waals surface area contributed by atoms with Gasteiger partial charge < -0.3 is 5.11 Å². The standard InChI is InChI=1S/C13H14N2O4S/c1-2-3-12(13(16)17)15-20(18,19)9-11-6-4-10(8-14)5-7-11/h2,4-7,12,15H,1,3,9H2,(H,16,17). The minimum atomic E-state index is -3.78. The van der Waals surface area contributed by atoms with Gasteiger partial charge >= 0.3 is 5.97 Å². The third kappa shape index (κ3) is 4.84. The van der Waals surface area contributed by atoms with Crippen LogP contribution >= 0.6 is 0 Å². The van der Waals surface area contributed by atoms with Gasteiger partial charge in [-0.2, -0.15) is 5.26 Å². The molecule has 0 radical (unpaired) electrons. The van der Waals surface area contributed by atoms with Crippen LogP contribution in [0.25, 0.3) is 0 Å². The molecular formula is C13H14N2O4S. The Bertz CT molecular complexity index is 629. The number of hydrogen-bond donors (Lipinski definition) is 2. The van der Waals surface area contributed by atoms with E-state index in [4.69, 9.17) is 10.4 Å². The zero-order chi connectivity index (χ0) is 15.2. The van der Waals surface area contributed by atoms with E-state index in [1.165, 1.54) is 30.3 Å². The third-order valence-electron chi connectivity index (χ3n) is 2.46. The number of sulfonamides is 1. The van der Waals surface area contributed by atoms with Crippen LogP contribution in [0.2, 0.25) is 0 Å². The molecule has 1 unspecified atom stereocenters. The fraction of sp³-hybridized carbons (Fsp3) is 0.231. The van der Waals surface area contributed by atoms with Gasteiger partial charge in [0.05, 0.1) is 17.4 Å². The number of nitrogens with one attached hydrogen (secondary N) is 1. The molecule has 0 saturated carbocycles. The summed E-state index contributed by atoms with van der Waals surface area (Å²) in [5.74, 6) is -1.60. The summed E-state index contributed by atoms with van der Waals surface area (Å²) in [6.07, 6.45) is 1.34. The number of nitriles is 1. The molecule has 0 amide bonds. The van der Waals surface area contributed by atoms with E-state index >= 15 is 0 Å². The number of aliphatic carboxylic acids is 1. The molecule has 1 atom stereocenters. The van der Waals surface area contributed by atoms with Crippen molar-refractivity contribution in [3.8, 4) is 6.07 Å². The Kier molecular flexibility index (Phi) is 5.43. The number of hydrogen-bond acceptors (Lipinski definition) is 4. The predicted molar refractivity (Wildman–Crippen MR) is 73.2 cm³/mol. The van der Waals surface area contributed by atoms with Gasteiger partial charge in [-0.1, -0.05) is 18.2 Å². The zero-order valence-electron chi connectivity index (χ0n) is 10.6. The molecule has 0 fully saturated rings. The molecule has 2 N–H and O–H groups in total. The smallest absolute Gasteiger partial charge is 0.322 e. The molecule has 0 aliphatic heterocycles. The lowest BCUT2D eigenvalue weighted by Gasteiger charge is -2.13. The average Bonchev–Trinajstić information content (AvgIpc) is 2.38. The van der Waals surface area contributed by atoms with Crippen LogP contribution in [0, 0.1) is 11.3 Å². The lowest BCUT2D eigenvalue weighted by molar-refractivity contribution is -0.138. The van der Waals surface area contributed by atoms with Gasteiger partial charge in [-0.15, -0.1) is 6.58 Å². The lowest BCUT2D eigenvalue weighted by Crippen LogP contribution is -2.40. The van der Waals surface area contributed by atoms with Gasteiger partial charge in [0.25, 0.3) is 0 Å². The lowest BCUT2D eigenvalue weighted by atomic mass is 10.2. The molecule has 6 nitrogen and oxygen atoms in total. The molecular weight excluding hydrogens is 280 g/mol. The van der Waals surface area contributed by atoms with Crippen LogP contribution in [0.3, 0.4) is 0 Å². The molecule has 1 rings (SSSR count). The first kappa shape index (κ1) is 15.9. The number of nitrogens with zero attached hydrogens (tertiary/aromatic N) is 1. The minimum Gasteiger partial charge on any atom is -0.480 e. The van der Waals surface area contributed by atoms with E-state index in [0.29, 0.717) is 11.1 Å². The molecule has 1 aromatic rings. The van der Waals surface area contributed by atoms with E-state index in [1.54, 1.807) is 0 Å². The molecule has 0 heterocycles. The Labute approximate surface area is 117 Å². The van der Waals surface area contributed by atoms with Gasteiger partial charge in [0.15, 0.2) is 0 Å². The van der Waals surface area contributed by atoms with Crippen molar-refractivity contribution in [2.24, 2.45) is 0 Å². The Morgan fingerprint density at radius 3 is 2.50 bits per heavy atom. The SMILES string of the molecule is C=CCC(NS(=O)(=O)Cc1ccc(C#N)cc1)C(=O)O. The monoisotopic (exact) mass is 294 g/mol. The quantitative estimate of drug-likeness (QED) is 0.730. The van der Waals surface area contributed by atoms with E-state index < -0.39 is 22.0 Å². The van der Waals surface area contributed by atoms with Crippen molar-refractivity contribution in [1.29, 1.82) is 5.26 Å². The highest BCUT2D eigenvalue weighted by Crippen LogP contribution is 2.08. The predicted octanol–water partition coefficient (Wildman–Crippen LogP) is 1.01. The van der Waals surface area contributed by atoms with Crippen LogP contribution in [0.4, 0.5) is 0 Å². The van der Waals surface area contributed by atoms with Crippen molar-refractivity contribution in [3.63, 3.8) is 0 Å². The summed E-state index contributed by atoms with van der Waals surface area (Å²) in [6.45, 7) is 3.39. The highest BCUT2D eigenvalue weighted by Gasteiger charge is 2.22. The Balaban J connectivity index is 2.80. The molecule has 0 aliphatic rings.